The average Bonchev–Trinajstić information content (AvgIpc) is 3.32. The summed E-state index contributed by atoms with van der Waals surface area (Å²) in [7, 11) is 0. The van der Waals surface area contributed by atoms with Gasteiger partial charge >= 0.3 is 6.03 Å². The highest BCUT2D eigenvalue weighted by Crippen LogP contribution is 2.34. The van der Waals surface area contributed by atoms with Crippen molar-refractivity contribution < 1.29 is 9.21 Å². The van der Waals surface area contributed by atoms with E-state index in [2.05, 4.69) is 21.4 Å². The minimum absolute atomic E-state index is 0.143. The maximum Gasteiger partial charge on any atom is 0.346 e. The summed E-state index contributed by atoms with van der Waals surface area (Å²) in [6.45, 7) is 1.37. The first kappa shape index (κ1) is 15.1. The molecule has 1 aromatic carbocycles. The van der Waals surface area contributed by atoms with E-state index in [1.54, 1.807) is 12.3 Å². The number of carbonyl (C=O) groups excluding carboxylic acids is 1. The zero-order chi connectivity index (χ0) is 17.5. The molecule has 7 heteroatoms. The monoisotopic (exact) mass is 347 g/mol. The second-order valence-corrected chi connectivity index (χ2v) is 6.58. The molecule has 0 saturated carbocycles. The lowest BCUT2D eigenvalue weighted by molar-refractivity contribution is 0.180. The number of rotatable bonds is 1. The predicted molar refractivity (Wildman–Crippen MR) is 95.9 cm³/mol. The van der Waals surface area contributed by atoms with Gasteiger partial charge < -0.3 is 9.32 Å². The Morgan fingerprint density at radius 2 is 1.96 bits per heavy atom. The summed E-state index contributed by atoms with van der Waals surface area (Å²) in [5, 5.41) is 9.12. The Morgan fingerprint density at radius 1 is 1.12 bits per heavy atom. The minimum atomic E-state index is -0.143. The maximum absolute atomic E-state index is 12.8. The number of hydrogen-bond acceptors (Lipinski definition) is 5. The summed E-state index contributed by atoms with van der Waals surface area (Å²) < 4.78 is 7.02. The van der Waals surface area contributed by atoms with Crippen LogP contribution < -0.4 is 0 Å². The van der Waals surface area contributed by atoms with E-state index in [0.29, 0.717) is 30.2 Å². The van der Waals surface area contributed by atoms with Crippen LogP contribution in [0.4, 0.5) is 4.79 Å². The molecule has 130 valence electrons. The van der Waals surface area contributed by atoms with Gasteiger partial charge in [0.2, 0.25) is 5.65 Å². The molecule has 0 N–H and O–H groups in total. The standard InChI is InChI=1S/C19H17N5O2/c25-19(24-16-5-3-9-20-18(16)21-22-24)23-10-7-13(8-11-23)15-12-26-17-6-2-1-4-14(15)17/h1-6,9,12-13H,7-8,10-11H2. The van der Waals surface area contributed by atoms with Gasteiger partial charge in [-0.25, -0.2) is 9.78 Å². The maximum atomic E-state index is 12.8. The van der Waals surface area contributed by atoms with Crippen LogP contribution in [0.25, 0.3) is 22.1 Å². The fraction of sp³-hybridized carbons (Fsp3) is 0.263. The molecule has 0 atom stereocenters. The number of amides is 1. The van der Waals surface area contributed by atoms with Crippen molar-refractivity contribution >= 4 is 28.2 Å². The number of piperidine rings is 1. The van der Waals surface area contributed by atoms with E-state index in [1.807, 2.05) is 35.4 Å². The largest absolute Gasteiger partial charge is 0.464 e. The third-order valence-electron chi connectivity index (χ3n) is 5.12. The van der Waals surface area contributed by atoms with E-state index in [9.17, 15) is 4.79 Å². The van der Waals surface area contributed by atoms with Gasteiger partial charge in [0.1, 0.15) is 11.1 Å². The molecule has 1 amide bonds. The van der Waals surface area contributed by atoms with Crippen LogP contribution in [0, 0.1) is 0 Å². The number of likely N-dealkylation sites (tertiary alicyclic amines) is 1. The third kappa shape index (κ3) is 2.35. The van der Waals surface area contributed by atoms with E-state index in [1.165, 1.54) is 15.6 Å². The quantitative estimate of drug-likeness (QED) is 0.527. The molecular formula is C19H17N5O2. The van der Waals surface area contributed by atoms with E-state index < -0.39 is 0 Å². The topological polar surface area (TPSA) is 77.0 Å². The Morgan fingerprint density at radius 3 is 2.85 bits per heavy atom. The minimum Gasteiger partial charge on any atom is -0.464 e. The fourth-order valence-electron chi connectivity index (χ4n) is 3.74. The Balaban J connectivity index is 1.35. The third-order valence-corrected chi connectivity index (χ3v) is 5.12. The van der Waals surface area contributed by atoms with Crippen LogP contribution in [0.15, 0.2) is 53.3 Å². The summed E-state index contributed by atoms with van der Waals surface area (Å²) in [6.07, 6.45) is 5.32. The summed E-state index contributed by atoms with van der Waals surface area (Å²) in [5.41, 5.74) is 3.28. The lowest BCUT2D eigenvalue weighted by Crippen LogP contribution is -2.40. The number of hydrogen-bond donors (Lipinski definition) is 0. The number of fused-ring (bicyclic) bond motifs is 2. The molecule has 0 spiro atoms. The average molecular weight is 347 g/mol. The van der Waals surface area contributed by atoms with Crippen molar-refractivity contribution in [3.05, 3.63) is 54.4 Å². The molecule has 1 aliphatic rings. The zero-order valence-electron chi connectivity index (χ0n) is 14.1. The first-order valence-electron chi connectivity index (χ1n) is 8.73. The van der Waals surface area contributed by atoms with E-state index in [4.69, 9.17) is 4.42 Å². The highest BCUT2D eigenvalue weighted by atomic mass is 16.3. The molecule has 1 fully saturated rings. The van der Waals surface area contributed by atoms with Crippen LogP contribution in [-0.4, -0.2) is 44.0 Å². The van der Waals surface area contributed by atoms with Gasteiger partial charge in [-0.3, -0.25) is 0 Å². The summed E-state index contributed by atoms with van der Waals surface area (Å²) in [5.74, 6) is 0.400. The van der Waals surface area contributed by atoms with E-state index >= 15 is 0 Å². The second-order valence-electron chi connectivity index (χ2n) is 6.58. The molecule has 4 heterocycles. The van der Waals surface area contributed by atoms with Gasteiger partial charge in [-0.05, 0) is 37.0 Å². The van der Waals surface area contributed by atoms with E-state index in [0.717, 1.165) is 18.4 Å². The molecule has 0 unspecified atom stereocenters. The number of nitrogens with zero attached hydrogens (tertiary/aromatic N) is 5. The van der Waals surface area contributed by atoms with Gasteiger partial charge in [-0.1, -0.05) is 23.4 Å². The van der Waals surface area contributed by atoms with Crippen molar-refractivity contribution in [1.82, 2.24) is 24.9 Å². The summed E-state index contributed by atoms with van der Waals surface area (Å²) in [4.78, 5) is 18.8. The number of benzene rings is 1. The number of para-hydroxylation sites is 1. The van der Waals surface area contributed by atoms with Gasteiger partial charge in [0, 0.05) is 30.2 Å². The molecule has 1 aliphatic heterocycles. The number of carbonyl (C=O) groups is 1. The van der Waals surface area contributed by atoms with Crippen LogP contribution >= 0.6 is 0 Å². The highest BCUT2D eigenvalue weighted by Gasteiger charge is 2.27. The summed E-state index contributed by atoms with van der Waals surface area (Å²) >= 11 is 0. The van der Waals surface area contributed by atoms with E-state index in [-0.39, 0.29) is 6.03 Å². The van der Waals surface area contributed by atoms with Crippen molar-refractivity contribution in [1.29, 1.82) is 0 Å². The Hall–Kier alpha value is -3.22. The molecular weight excluding hydrogens is 330 g/mol. The lowest BCUT2D eigenvalue weighted by Gasteiger charge is -2.31. The van der Waals surface area contributed by atoms with Crippen LogP contribution in [0.2, 0.25) is 0 Å². The fourth-order valence-corrected chi connectivity index (χ4v) is 3.74. The highest BCUT2D eigenvalue weighted by molar-refractivity contribution is 5.86. The first-order valence-corrected chi connectivity index (χ1v) is 8.73. The smallest absolute Gasteiger partial charge is 0.346 e. The predicted octanol–water partition coefficient (Wildman–Crippen LogP) is 3.42. The molecule has 0 aliphatic carbocycles. The number of pyridine rings is 1. The first-order chi connectivity index (χ1) is 12.8. The van der Waals surface area contributed by atoms with Crippen molar-refractivity contribution in [3.63, 3.8) is 0 Å². The Bertz CT molecular complexity index is 1090. The molecule has 3 aromatic heterocycles. The van der Waals surface area contributed by atoms with Gasteiger partial charge in [-0.15, -0.1) is 5.10 Å². The van der Waals surface area contributed by atoms with Gasteiger partial charge in [-0.2, -0.15) is 4.68 Å². The Kier molecular flexibility index (Phi) is 3.44. The number of aromatic nitrogens is 4. The van der Waals surface area contributed by atoms with Crippen LogP contribution in [-0.2, 0) is 0 Å². The molecule has 0 bridgehead atoms. The van der Waals surface area contributed by atoms with Gasteiger partial charge in [0.15, 0.2) is 0 Å². The molecule has 4 aromatic rings. The van der Waals surface area contributed by atoms with Crippen molar-refractivity contribution in [2.24, 2.45) is 0 Å². The van der Waals surface area contributed by atoms with Crippen molar-refractivity contribution in [3.8, 4) is 0 Å². The molecule has 1 saturated heterocycles. The molecule has 7 nitrogen and oxygen atoms in total. The van der Waals surface area contributed by atoms with Crippen molar-refractivity contribution in [2.45, 2.75) is 18.8 Å². The normalized spacial score (nSPS) is 15.8. The summed E-state index contributed by atoms with van der Waals surface area (Å²) in [6, 6.07) is 11.5. The van der Waals surface area contributed by atoms with Gasteiger partial charge in [0.25, 0.3) is 0 Å². The zero-order valence-corrected chi connectivity index (χ0v) is 14.1. The Labute approximate surface area is 149 Å². The molecule has 0 radical (unpaired) electrons. The van der Waals surface area contributed by atoms with Crippen LogP contribution in [0.5, 0.6) is 0 Å². The lowest BCUT2D eigenvalue weighted by atomic mass is 9.89. The molecule has 26 heavy (non-hydrogen) atoms. The van der Waals surface area contributed by atoms with Gasteiger partial charge in [0.05, 0.1) is 6.26 Å². The van der Waals surface area contributed by atoms with Crippen molar-refractivity contribution in [2.75, 3.05) is 13.1 Å². The SMILES string of the molecule is O=C(N1CCC(c2coc3ccccc23)CC1)n1nnc2ncccc21. The second kappa shape index (κ2) is 5.94. The number of furan rings is 1. The van der Waals surface area contributed by atoms with Crippen LogP contribution in [0.3, 0.4) is 0 Å². The van der Waals surface area contributed by atoms with Crippen LogP contribution in [0.1, 0.15) is 24.3 Å². The molecule has 5 rings (SSSR count).